The monoisotopic (exact) mass is 272 g/mol. The molecule has 0 bridgehead atoms. The molecule has 1 heterocycles. The van der Waals surface area contributed by atoms with Gasteiger partial charge in [0.2, 0.25) is 0 Å². The number of hydrogen-bond donors (Lipinski definition) is 1. The minimum atomic E-state index is -0.887. The Kier molecular flexibility index (Phi) is 2.85. The molecule has 1 saturated carbocycles. The summed E-state index contributed by atoms with van der Waals surface area (Å²) in [6.07, 6.45) is 3.36. The van der Waals surface area contributed by atoms with E-state index in [-0.39, 0.29) is 5.54 Å². The standard InChI is InChI=1S/C16H20N2O2/c1-4-16(2,3)18-13-9-11(15(19)20)7-8-12(13)17-14(18)10-5-6-10/h7-10H,4-6H2,1-3H3,(H,19,20). The van der Waals surface area contributed by atoms with Crippen molar-refractivity contribution in [1.82, 2.24) is 9.55 Å². The van der Waals surface area contributed by atoms with Gasteiger partial charge < -0.3 is 9.67 Å². The van der Waals surface area contributed by atoms with E-state index in [0.29, 0.717) is 11.5 Å². The number of benzene rings is 1. The molecule has 0 unspecified atom stereocenters. The van der Waals surface area contributed by atoms with Crippen LogP contribution in [-0.4, -0.2) is 20.6 Å². The minimum Gasteiger partial charge on any atom is -0.478 e. The lowest BCUT2D eigenvalue weighted by Gasteiger charge is -2.28. The molecule has 1 aliphatic carbocycles. The second-order valence-electron chi connectivity index (χ2n) is 6.25. The summed E-state index contributed by atoms with van der Waals surface area (Å²) < 4.78 is 2.26. The van der Waals surface area contributed by atoms with Gasteiger partial charge in [0.05, 0.1) is 16.6 Å². The lowest BCUT2D eigenvalue weighted by Crippen LogP contribution is -2.27. The Bertz CT molecular complexity index is 681. The second kappa shape index (κ2) is 4.33. The highest BCUT2D eigenvalue weighted by Crippen LogP contribution is 2.43. The summed E-state index contributed by atoms with van der Waals surface area (Å²) in [6.45, 7) is 6.53. The van der Waals surface area contributed by atoms with Gasteiger partial charge in [0.15, 0.2) is 0 Å². The average Bonchev–Trinajstić information content (AvgIpc) is 3.18. The molecule has 0 radical (unpaired) electrons. The van der Waals surface area contributed by atoms with E-state index in [1.165, 1.54) is 12.8 Å². The number of rotatable bonds is 4. The van der Waals surface area contributed by atoms with Crippen LogP contribution in [0.3, 0.4) is 0 Å². The molecule has 4 heteroatoms. The third-order valence-electron chi connectivity index (χ3n) is 4.34. The summed E-state index contributed by atoms with van der Waals surface area (Å²) in [4.78, 5) is 16.0. The van der Waals surface area contributed by atoms with Crippen LogP contribution >= 0.6 is 0 Å². The Balaban J connectivity index is 2.28. The number of carboxylic acids is 1. The maximum absolute atomic E-state index is 11.2. The molecule has 3 rings (SSSR count). The van der Waals surface area contributed by atoms with E-state index in [2.05, 4.69) is 25.3 Å². The van der Waals surface area contributed by atoms with Gasteiger partial charge in [-0.1, -0.05) is 6.92 Å². The molecule has 0 atom stereocenters. The average molecular weight is 272 g/mol. The molecule has 1 N–H and O–H groups in total. The third kappa shape index (κ3) is 1.99. The van der Waals surface area contributed by atoms with Crippen LogP contribution in [0, 0.1) is 0 Å². The Morgan fingerprint density at radius 2 is 2.15 bits per heavy atom. The third-order valence-corrected chi connectivity index (χ3v) is 4.34. The maximum Gasteiger partial charge on any atom is 0.335 e. The summed E-state index contributed by atoms with van der Waals surface area (Å²) in [5.74, 6) is 0.776. The van der Waals surface area contributed by atoms with E-state index in [1.807, 2.05) is 6.07 Å². The molecule has 1 aromatic heterocycles. The topological polar surface area (TPSA) is 55.1 Å². The Morgan fingerprint density at radius 1 is 1.45 bits per heavy atom. The first kappa shape index (κ1) is 13.2. The first-order valence-corrected chi connectivity index (χ1v) is 7.20. The van der Waals surface area contributed by atoms with Gasteiger partial charge >= 0.3 is 5.97 Å². The van der Waals surface area contributed by atoms with Crippen LogP contribution in [0.15, 0.2) is 18.2 Å². The Hall–Kier alpha value is -1.84. The fraction of sp³-hybridized carbons (Fsp3) is 0.500. The predicted octanol–water partition coefficient (Wildman–Crippen LogP) is 3.76. The predicted molar refractivity (Wildman–Crippen MR) is 78.3 cm³/mol. The molecular weight excluding hydrogens is 252 g/mol. The summed E-state index contributed by atoms with van der Waals surface area (Å²) in [7, 11) is 0. The van der Waals surface area contributed by atoms with Gasteiger partial charge in [-0.15, -0.1) is 0 Å². The highest BCUT2D eigenvalue weighted by Gasteiger charge is 2.34. The van der Waals surface area contributed by atoms with Crippen molar-refractivity contribution in [3.8, 4) is 0 Å². The number of imidazole rings is 1. The van der Waals surface area contributed by atoms with Crippen molar-refractivity contribution in [1.29, 1.82) is 0 Å². The molecule has 0 aliphatic heterocycles. The smallest absolute Gasteiger partial charge is 0.335 e. The maximum atomic E-state index is 11.2. The zero-order valence-corrected chi connectivity index (χ0v) is 12.2. The first-order chi connectivity index (χ1) is 9.44. The number of carboxylic acid groups (broad SMARTS) is 1. The van der Waals surface area contributed by atoms with Crippen molar-refractivity contribution in [2.24, 2.45) is 0 Å². The van der Waals surface area contributed by atoms with Crippen LogP contribution < -0.4 is 0 Å². The van der Waals surface area contributed by atoms with Gasteiger partial charge in [-0.05, 0) is 51.3 Å². The number of nitrogens with zero attached hydrogens (tertiary/aromatic N) is 2. The molecule has 1 aromatic carbocycles. The first-order valence-electron chi connectivity index (χ1n) is 7.20. The fourth-order valence-corrected chi connectivity index (χ4v) is 2.64. The van der Waals surface area contributed by atoms with Gasteiger partial charge in [-0.2, -0.15) is 0 Å². The van der Waals surface area contributed by atoms with E-state index in [4.69, 9.17) is 4.98 Å². The highest BCUT2D eigenvalue weighted by atomic mass is 16.4. The van der Waals surface area contributed by atoms with E-state index in [1.54, 1.807) is 12.1 Å². The number of aromatic carboxylic acids is 1. The zero-order valence-electron chi connectivity index (χ0n) is 12.2. The van der Waals surface area contributed by atoms with Gasteiger partial charge in [-0.25, -0.2) is 9.78 Å². The second-order valence-corrected chi connectivity index (χ2v) is 6.25. The molecule has 20 heavy (non-hydrogen) atoms. The number of fused-ring (bicyclic) bond motifs is 1. The molecule has 1 aliphatic rings. The van der Waals surface area contributed by atoms with Crippen LogP contribution in [0.25, 0.3) is 11.0 Å². The lowest BCUT2D eigenvalue weighted by molar-refractivity contribution is 0.0697. The molecule has 0 spiro atoms. The normalized spacial score (nSPS) is 15.8. The molecular formula is C16H20N2O2. The van der Waals surface area contributed by atoms with E-state index >= 15 is 0 Å². The van der Waals surface area contributed by atoms with Crippen molar-refractivity contribution in [2.75, 3.05) is 0 Å². The van der Waals surface area contributed by atoms with E-state index in [0.717, 1.165) is 23.3 Å². The zero-order chi connectivity index (χ0) is 14.5. The van der Waals surface area contributed by atoms with Crippen LogP contribution in [-0.2, 0) is 5.54 Å². The van der Waals surface area contributed by atoms with Crippen LogP contribution in [0.5, 0.6) is 0 Å². The largest absolute Gasteiger partial charge is 0.478 e. The van der Waals surface area contributed by atoms with Crippen molar-refractivity contribution in [3.05, 3.63) is 29.6 Å². The highest BCUT2D eigenvalue weighted by molar-refractivity contribution is 5.92. The van der Waals surface area contributed by atoms with Gasteiger partial charge in [-0.3, -0.25) is 0 Å². The van der Waals surface area contributed by atoms with Crippen LogP contribution in [0.4, 0.5) is 0 Å². The van der Waals surface area contributed by atoms with Gasteiger partial charge in [0, 0.05) is 11.5 Å². The molecule has 2 aromatic rings. The summed E-state index contributed by atoms with van der Waals surface area (Å²) in [5.41, 5.74) is 2.12. The van der Waals surface area contributed by atoms with Crippen LogP contribution in [0.1, 0.15) is 62.1 Å². The van der Waals surface area contributed by atoms with Gasteiger partial charge in [0.1, 0.15) is 5.82 Å². The Labute approximate surface area is 118 Å². The van der Waals surface area contributed by atoms with E-state index in [9.17, 15) is 9.90 Å². The lowest BCUT2D eigenvalue weighted by atomic mass is 10.0. The fourth-order valence-electron chi connectivity index (χ4n) is 2.64. The summed E-state index contributed by atoms with van der Waals surface area (Å²) in [5, 5.41) is 9.19. The molecule has 1 fully saturated rings. The SMILES string of the molecule is CCC(C)(C)n1c(C2CC2)nc2ccc(C(=O)O)cc21. The summed E-state index contributed by atoms with van der Waals surface area (Å²) in [6, 6.07) is 5.22. The summed E-state index contributed by atoms with van der Waals surface area (Å²) >= 11 is 0. The molecule has 4 nitrogen and oxygen atoms in total. The van der Waals surface area contributed by atoms with E-state index < -0.39 is 5.97 Å². The van der Waals surface area contributed by atoms with Crippen molar-refractivity contribution in [2.45, 2.75) is 51.5 Å². The molecule has 0 saturated heterocycles. The number of carbonyl (C=O) groups is 1. The molecule has 106 valence electrons. The van der Waals surface area contributed by atoms with Crippen molar-refractivity contribution >= 4 is 17.0 Å². The van der Waals surface area contributed by atoms with Crippen molar-refractivity contribution < 1.29 is 9.90 Å². The van der Waals surface area contributed by atoms with Crippen molar-refractivity contribution in [3.63, 3.8) is 0 Å². The number of aromatic nitrogens is 2. The minimum absolute atomic E-state index is 0.0518. The number of hydrogen-bond acceptors (Lipinski definition) is 2. The Morgan fingerprint density at radius 3 is 2.70 bits per heavy atom. The quantitative estimate of drug-likeness (QED) is 0.922. The van der Waals surface area contributed by atoms with Gasteiger partial charge in [0.25, 0.3) is 0 Å². The van der Waals surface area contributed by atoms with Crippen LogP contribution in [0.2, 0.25) is 0 Å². The molecule has 0 amide bonds.